The maximum atomic E-state index is 9.60. The van der Waals surface area contributed by atoms with Crippen molar-refractivity contribution in [3.63, 3.8) is 0 Å². The second-order valence-corrected chi connectivity index (χ2v) is 2.72. The summed E-state index contributed by atoms with van der Waals surface area (Å²) in [5.74, 6) is -3.06. The van der Waals surface area contributed by atoms with Crippen molar-refractivity contribution in [2.45, 2.75) is 13.8 Å². The normalized spacial score (nSPS) is 5.72. The average Bonchev–Trinajstić information content (AvgIpc) is 2.62. The van der Waals surface area contributed by atoms with E-state index in [-0.39, 0.29) is 11.1 Å². The van der Waals surface area contributed by atoms with Gasteiger partial charge in [-0.05, 0) is 13.8 Å². The molecule has 0 atom stereocenters. The Kier molecular flexibility index (Phi) is 85.7. The van der Waals surface area contributed by atoms with Gasteiger partial charge in [-0.2, -0.15) is 0 Å². The van der Waals surface area contributed by atoms with Crippen LogP contribution in [0.2, 0.25) is 0 Å². The number of aliphatic hydroxyl groups excluding tert-OH is 1. The van der Waals surface area contributed by atoms with E-state index >= 15 is 0 Å². The Labute approximate surface area is 151 Å². The number of aliphatic hydroxyl groups is 1. The Bertz CT molecular complexity index is 304. The van der Waals surface area contributed by atoms with Crippen LogP contribution in [0.5, 0.6) is 0 Å². The molecule has 0 saturated heterocycles. The molecule has 0 rings (SSSR count). The molecule has 0 bridgehead atoms. The minimum atomic E-state index is -1.19. The quantitative estimate of drug-likeness (QED) is 0.447. The first-order valence-corrected chi connectivity index (χ1v) is 6.16. The van der Waals surface area contributed by atoms with Gasteiger partial charge in [-0.25, -0.2) is 14.4 Å². The lowest BCUT2D eigenvalue weighted by molar-refractivity contribution is -0.140. The summed E-state index contributed by atoms with van der Waals surface area (Å²) in [6.45, 7) is 32.4. The van der Waals surface area contributed by atoms with Crippen LogP contribution in [0.25, 0.3) is 0 Å². The largest absolute Gasteiger partial charge is 0.480 e. The molecule has 0 amide bonds. The SMILES string of the molecule is C=C.C=C.C=C.C=C.C=C(C)C(=O)O.C=C(C)C(=O)O.O=C(O)CO. The number of carboxylic acids is 3. The molecule has 7 heteroatoms. The Morgan fingerprint density at radius 2 is 0.720 bits per heavy atom. The molecule has 0 aromatic heterocycles. The van der Waals surface area contributed by atoms with E-state index in [0.717, 1.165) is 0 Å². The van der Waals surface area contributed by atoms with Crippen LogP contribution in [0, 0.1) is 0 Å². The molecule has 0 fully saturated rings. The lowest BCUT2D eigenvalue weighted by Crippen LogP contribution is -1.98. The lowest BCUT2D eigenvalue weighted by atomic mass is 10.4. The van der Waals surface area contributed by atoms with Gasteiger partial charge < -0.3 is 20.4 Å². The van der Waals surface area contributed by atoms with E-state index in [9.17, 15) is 9.59 Å². The highest BCUT2D eigenvalue weighted by Crippen LogP contribution is 1.81. The summed E-state index contributed by atoms with van der Waals surface area (Å²) in [5.41, 5.74) is 0.352. The smallest absolute Gasteiger partial charge is 0.330 e. The first-order chi connectivity index (χ1) is 11.6. The third-order valence-electron chi connectivity index (χ3n) is 0.865. The minimum absolute atomic E-state index is 0.176. The number of hydrogen-bond acceptors (Lipinski definition) is 4. The molecule has 0 radical (unpaired) electrons. The molecule has 0 saturated carbocycles. The van der Waals surface area contributed by atoms with Crippen LogP contribution in [0.15, 0.2) is 76.9 Å². The van der Waals surface area contributed by atoms with Crippen LogP contribution in [-0.4, -0.2) is 44.9 Å². The van der Waals surface area contributed by atoms with Gasteiger partial charge in [0.15, 0.2) is 0 Å². The fourth-order valence-corrected chi connectivity index (χ4v) is 0. The standard InChI is InChI=1S/2C4H6O2.C2H4O3.4C2H4/c2*1-3(2)4(5)6;3-1-2(4)5;4*1-2/h2*1H2,2H3,(H,5,6);3H,1H2,(H,4,5);4*1-2H2. The molecule has 0 aromatic carbocycles. The van der Waals surface area contributed by atoms with Gasteiger partial charge in [0, 0.05) is 11.1 Å². The van der Waals surface area contributed by atoms with Gasteiger partial charge in [0.1, 0.15) is 6.61 Å². The van der Waals surface area contributed by atoms with Crippen LogP contribution in [0.1, 0.15) is 13.8 Å². The molecule has 146 valence electrons. The Morgan fingerprint density at radius 1 is 0.640 bits per heavy atom. The van der Waals surface area contributed by atoms with Crippen LogP contribution in [-0.2, 0) is 14.4 Å². The van der Waals surface area contributed by atoms with Crippen LogP contribution >= 0.6 is 0 Å². The van der Waals surface area contributed by atoms with Crippen molar-refractivity contribution in [3.05, 3.63) is 76.9 Å². The van der Waals surface area contributed by atoms with Crippen molar-refractivity contribution in [3.8, 4) is 0 Å². The van der Waals surface area contributed by atoms with Gasteiger partial charge in [-0.15, -0.1) is 52.6 Å². The van der Waals surface area contributed by atoms with Gasteiger partial charge in [-0.3, -0.25) is 0 Å². The van der Waals surface area contributed by atoms with Gasteiger partial charge in [0.25, 0.3) is 0 Å². The first-order valence-electron chi connectivity index (χ1n) is 6.16. The van der Waals surface area contributed by atoms with E-state index in [0.29, 0.717) is 0 Å². The summed E-state index contributed by atoms with van der Waals surface area (Å²) in [5, 5.41) is 30.8. The van der Waals surface area contributed by atoms with Gasteiger partial charge >= 0.3 is 17.9 Å². The molecule has 0 spiro atoms. The van der Waals surface area contributed by atoms with E-state index in [2.05, 4.69) is 65.8 Å². The maximum Gasteiger partial charge on any atom is 0.330 e. The fourth-order valence-electron chi connectivity index (χ4n) is 0. The van der Waals surface area contributed by atoms with Crippen molar-refractivity contribution in [2.24, 2.45) is 0 Å². The predicted octanol–water partition coefficient (Wildman–Crippen LogP) is 3.57. The van der Waals surface area contributed by atoms with Crippen molar-refractivity contribution < 1.29 is 34.8 Å². The molecule has 0 aromatic rings. The van der Waals surface area contributed by atoms with Crippen LogP contribution in [0.4, 0.5) is 0 Å². The second kappa shape index (κ2) is 49.8. The summed E-state index contributed by atoms with van der Waals surface area (Å²) in [6, 6.07) is 0. The van der Waals surface area contributed by atoms with E-state index in [1.807, 2.05) is 0 Å². The van der Waals surface area contributed by atoms with Gasteiger partial charge in [0.2, 0.25) is 0 Å². The third-order valence-corrected chi connectivity index (χ3v) is 0.865. The van der Waals surface area contributed by atoms with Crippen LogP contribution < -0.4 is 0 Å². The lowest BCUT2D eigenvalue weighted by Gasteiger charge is -1.79. The summed E-state index contributed by atoms with van der Waals surface area (Å²) >= 11 is 0. The summed E-state index contributed by atoms with van der Waals surface area (Å²) < 4.78 is 0. The third kappa shape index (κ3) is 159. The minimum Gasteiger partial charge on any atom is -0.480 e. The van der Waals surface area contributed by atoms with Crippen molar-refractivity contribution in [1.29, 1.82) is 0 Å². The zero-order valence-electron chi connectivity index (χ0n) is 15.3. The molecule has 0 unspecified atom stereocenters. The van der Waals surface area contributed by atoms with Crippen molar-refractivity contribution >= 4 is 17.9 Å². The van der Waals surface area contributed by atoms with E-state index < -0.39 is 24.5 Å². The molecular weight excluding hydrogens is 328 g/mol. The molecule has 0 heterocycles. The number of carboxylic acid groups (broad SMARTS) is 3. The monoisotopic (exact) mass is 360 g/mol. The highest BCUT2D eigenvalue weighted by Gasteiger charge is 1.90. The maximum absolute atomic E-state index is 9.60. The summed E-state index contributed by atoms with van der Waals surface area (Å²) in [4.78, 5) is 28.3. The molecule has 25 heavy (non-hydrogen) atoms. The Balaban J connectivity index is -0.0000000324. The average molecular weight is 360 g/mol. The molecule has 4 N–H and O–H groups in total. The molecular formula is C18H32O7. The number of hydrogen-bond donors (Lipinski definition) is 4. The first kappa shape index (κ1) is 43.1. The van der Waals surface area contributed by atoms with Gasteiger partial charge in [-0.1, -0.05) is 13.2 Å². The Morgan fingerprint density at radius 3 is 0.720 bits per heavy atom. The van der Waals surface area contributed by atoms with Crippen molar-refractivity contribution in [1.82, 2.24) is 0 Å². The molecule has 7 nitrogen and oxygen atoms in total. The van der Waals surface area contributed by atoms with Crippen LogP contribution in [0.3, 0.4) is 0 Å². The van der Waals surface area contributed by atoms with E-state index in [1.54, 1.807) is 0 Å². The molecule has 0 aliphatic rings. The molecule has 0 aliphatic heterocycles. The zero-order chi connectivity index (χ0) is 22.6. The fraction of sp³-hybridized carbons (Fsp3) is 0.167. The molecule has 0 aliphatic carbocycles. The number of rotatable bonds is 3. The predicted molar refractivity (Wildman–Crippen MR) is 105 cm³/mol. The second-order valence-electron chi connectivity index (χ2n) is 2.72. The number of aliphatic carboxylic acids is 3. The number of carbonyl (C=O) groups is 3. The topological polar surface area (TPSA) is 132 Å². The van der Waals surface area contributed by atoms with E-state index in [4.69, 9.17) is 25.2 Å². The zero-order valence-corrected chi connectivity index (χ0v) is 15.3. The summed E-state index contributed by atoms with van der Waals surface area (Å²) in [7, 11) is 0. The highest BCUT2D eigenvalue weighted by molar-refractivity contribution is 5.85. The van der Waals surface area contributed by atoms with E-state index in [1.165, 1.54) is 13.8 Å². The van der Waals surface area contributed by atoms with Crippen molar-refractivity contribution in [2.75, 3.05) is 6.61 Å². The summed E-state index contributed by atoms with van der Waals surface area (Å²) in [6.07, 6.45) is 0. The van der Waals surface area contributed by atoms with Gasteiger partial charge in [0.05, 0.1) is 0 Å². The highest BCUT2D eigenvalue weighted by atomic mass is 16.4. The Hall–Kier alpha value is -3.19.